The van der Waals surface area contributed by atoms with E-state index in [4.69, 9.17) is 5.73 Å². The number of amides is 1. The van der Waals surface area contributed by atoms with Gasteiger partial charge in [0, 0.05) is 24.7 Å². The molecule has 6 heteroatoms. The SMILES string of the molecule is Cc1cc(N)c([N+](=O)[O-])cc1C(=O)N1CCCC1. The number of likely N-dealkylation sites (tertiary alicyclic amines) is 1. The number of hydrogen-bond donors (Lipinski definition) is 1. The normalized spacial score (nSPS) is 14.8. The highest BCUT2D eigenvalue weighted by Crippen LogP contribution is 2.27. The molecular formula is C12H15N3O3. The fourth-order valence-electron chi connectivity index (χ4n) is 2.20. The van der Waals surface area contributed by atoms with E-state index < -0.39 is 4.92 Å². The van der Waals surface area contributed by atoms with Crippen LogP contribution in [0.25, 0.3) is 0 Å². The topological polar surface area (TPSA) is 89.5 Å². The van der Waals surface area contributed by atoms with Crippen LogP contribution in [-0.2, 0) is 0 Å². The first-order chi connectivity index (χ1) is 8.50. The predicted molar refractivity (Wildman–Crippen MR) is 67.4 cm³/mol. The number of carbonyl (C=O) groups is 1. The van der Waals surface area contributed by atoms with Crippen molar-refractivity contribution in [3.8, 4) is 0 Å². The molecule has 0 aliphatic carbocycles. The number of nitro benzene ring substituents is 1. The van der Waals surface area contributed by atoms with Gasteiger partial charge in [-0.15, -0.1) is 0 Å². The van der Waals surface area contributed by atoms with Crippen LogP contribution in [-0.4, -0.2) is 28.8 Å². The highest BCUT2D eigenvalue weighted by atomic mass is 16.6. The first-order valence-corrected chi connectivity index (χ1v) is 5.84. The molecule has 0 saturated carbocycles. The molecule has 1 fully saturated rings. The number of hydrogen-bond acceptors (Lipinski definition) is 4. The van der Waals surface area contributed by atoms with Gasteiger partial charge in [-0.2, -0.15) is 0 Å². The lowest BCUT2D eigenvalue weighted by atomic mass is 10.1. The molecule has 1 aliphatic heterocycles. The van der Waals surface area contributed by atoms with Crippen LogP contribution in [0.15, 0.2) is 12.1 Å². The van der Waals surface area contributed by atoms with Crippen molar-refractivity contribution in [3.05, 3.63) is 33.4 Å². The number of anilines is 1. The Bertz CT molecular complexity index is 508. The third kappa shape index (κ3) is 2.13. The van der Waals surface area contributed by atoms with E-state index in [0.717, 1.165) is 25.9 Å². The van der Waals surface area contributed by atoms with Crippen molar-refractivity contribution < 1.29 is 9.72 Å². The van der Waals surface area contributed by atoms with E-state index in [2.05, 4.69) is 0 Å². The van der Waals surface area contributed by atoms with E-state index in [9.17, 15) is 14.9 Å². The van der Waals surface area contributed by atoms with Gasteiger partial charge in [-0.05, 0) is 31.4 Å². The molecule has 0 unspecified atom stereocenters. The molecule has 1 aromatic carbocycles. The van der Waals surface area contributed by atoms with Gasteiger partial charge in [0.05, 0.1) is 4.92 Å². The Kier molecular flexibility index (Phi) is 3.18. The molecule has 96 valence electrons. The van der Waals surface area contributed by atoms with E-state index in [1.165, 1.54) is 12.1 Å². The number of nitrogens with two attached hydrogens (primary N) is 1. The fraction of sp³-hybridized carbons (Fsp3) is 0.417. The van der Waals surface area contributed by atoms with Crippen LogP contribution in [0.3, 0.4) is 0 Å². The van der Waals surface area contributed by atoms with Crippen molar-refractivity contribution in [2.24, 2.45) is 0 Å². The quantitative estimate of drug-likeness (QED) is 0.491. The molecule has 1 heterocycles. The summed E-state index contributed by atoms with van der Waals surface area (Å²) in [6, 6.07) is 2.77. The summed E-state index contributed by atoms with van der Waals surface area (Å²) in [5.41, 5.74) is 6.51. The Morgan fingerprint density at radius 1 is 1.39 bits per heavy atom. The number of carbonyl (C=O) groups excluding carboxylic acids is 1. The van der Waals surface area contributed by atoms with Gasteiger partial charge in [0.1, 0.15) is 5.69 Å². The Morgan fingerprint density at radius 2 is 2.00 bits per heavy atom. The Hall–Kier alpha value is -2.11. The Labute approximate surface area is 105 Å². The van der Waals surface area contributed by atoms with E-state index in [-0.39, 0.29) is 17.3 Å². The van der Waals surface area contributed by atoms with E-state index in [1.807, 2.05) is 0 Å². The zero-order chi connectivity index (χ0) is 13.3. The van der Waals surface area contributed by atoms with E-state index >= 15 is 0 Å². The summed E-state index contributed by atoms with van der Waals surface area (Å²) in [7, 11) is 0. The molecule has 1 aliphatic rings. The lowest BCUT2D eigenvalue weighted by Gasteiger charge is -2.16. The molecule has 0 bridgehead atoms. The minimum atomic E-state index is -0.560. The molecule has 0 aromatic heterocycles. The second-order valence-electron chi connectivity index (χ2n) is 4.48. The third-order valence-electron chi connectivity index (χ3n) is 3.19. The molecule has 6 nitrogen and oxygen atoms in total. The number of nitrogen functional groups attached to an aromatic ring is 1. The number of nitro groups is 1. The fourth-order valence-corrected chi connectivity index (χ4v) is 2.20. The average Bonchev–Trinajstić information content (AvgIpc) is 2.81. The first-order valence-electron chi connectivity index (χ1n) is 5.84. The third-order valence-corrected chi connectivity index (χ3v) is 3.19. The highest BCUT2D eigenvalue weighted by molar-refractivity contribution is 5.97. The summed E-state index contributed by atoms with van der Waals surface area (Å²) >= 11 is 0. The monoisotopic (exact) mass is 249 g/mol. The van der Waals surface area contributed by atoms with Gasteiger partial charge in [-0.3, -0.25) is 14.9 Å². The van der Waals surface area contributed by atoms with Gasteiger partial charge >= 0.3 is 0 Å². The van der Waals surface area contributed by atoms with Gasteiger partial charge in [-0.25, -0.2) is 0 Å². The molecule has 18 heavy (non-hydrogen) atoms. The van der Waals surface area contributed by atoms with Crippen molar-refractivity contribution in [3.63, 3.8) is 0 Å². The van der Waals surface area contributed by atoms with Crippen molar-refractivity contribution >= 4 is 17.3 Å². The van der Waals surface area contributed by atoms with Crippen molar-refractivity contribution in [2.75, 3.05) is 18.8 Å². The summed E-state index contributed by atoms with van der Waals surface area (Å²) in [5, 5.41) is 10.8. The largest absolute Gasteiger partial charge is 0.393 e. The molecular weight excluding hydrogens is 234 g/mol. The van der Waals surface area contributed by atoms with Crippen LogP contribution in [0.2, 0.25) is 0 Å². The molecule has 2 rings (SSSR count). The van der Waals surface area contributed by atoms with Crippen molar-refractivity contribution in [1.82, 2.24) is 4.90 Å². The molecule has 1 saturated heterocycles. The van der Waals surface area contributed by atoms with Crippen LogP contribution >= 0.6 is 0 Å². The minimum absolute atomic E-state index is 0.0930. The maximum absolute atomic E-state index is 12.2. The smallest absolute Gasteiger partial charge is 0.292 e. The molecule has 0 atom stereocenters. The van der Waals surface area contributed by atoms with E-state index in [1.54, 1.807) is 11.8 Å². The van der Waals surface area contributed by atoms with Crippen LogP contribution in [0.5, 0.6) is 0 Å². The molecule has 0 spiro atoms. The highest BCUT2D eigenvalue weighted by Gasteiger charge is 2.24. The maximum atomic E-state index is 12.2. The van der Waals surface area contributed by atoms with Crippen LogP contribution < -0.4 is 5.73 Å². The molecule has 1 aromatic rings. The molecule has 0 radical (unpaired) electrons. The van der Waals surface area contributed by atoms with Crippen LogP contribution in [0.1, 0.15) is 28.8 Å². The Balaban J connectivity index is 2.40. The predicted octanol–water partition coefficient (Wildman–Crippen LogP) is 1.72. The number of nitrogens with zero attached hydrogens (tertiary/aromatic N) is 2. The molecule has 1 amide bonds. The second-order valence-corrected chi connectivity index (χ2v) is 4.48. The summed E-state index contributed by atoms with van der Waals surface area (Å²) in [6.45, 7) is 3.18. The van der Waals surface area contributed by atoms with Gasteiger partial charge in [0.15, 0.2) is 0 Å². The first kappa shape index (κ1) is 12.3. The lowest BCUT2D eigenvalue weighted by Crippen LogP contribution is -2.28. The molecule has 2 N–H and O–H groups in total. The van der Waals surface area contributed by atoms with Crippen LogP contribution in [0.4, 0.5) is 11.4 Å². The summed E-state index contributed by atoms with van der Waals surface area (Å²) < 4.78 is 0. The zero-order valence-corrected chi connectivity index (χ0v) is 10.2. The maximum Gasteiger partial charge on any atom is 0.292 e. The zero-order valence-electron chi connectivity index (χ0n) is 10.2. The number of rotatable bonds is 2. The lowest BCUT2D eigenvalue weighted by molar-refractivity contribution is -0.383. The van der Waals surface area contributed by atoms with Gasteiger partial charge in [0.25, 0.3) is 11.6 Å². The Morgan fingerprint density at radius 3 is 2.56 bits per heavy atom. The summed E-state index contributed by atoms with van der Waals surface area (Å²) in [5.74, 6) is -0.145. The average molecular weight is 249 g/mol. The van der Waals surface area contributed by atoms with Gasteiger partial charge < -0.3 is 10.6 Å². The van der Waals surface area contributed by atoms with Crippen molar-refractivity contribution in [2.45, 2.75) is 19.8 Å². The van der Waals surface area contributed by atoms with E-state index in [0.29, 0.717) is 11.1 Å². The second kappa shape index (κ2) is 4.64. The van der Waals surface area contributed by atoms with Crippen molar-refractivity contribution in [1.29, 1.82) is 0 Å². The van der Waals surface area contributed by atoms with Gasteiger partial charge in [0.2, 0.25) is 0 Å². The van der Waals surface area contributed by atoms with Crippen LogP contribution in [0, 0.1) is 17.0 Å². The summed E-state index contributed by atoms with van der Waals surface area (Å²) in [6.07, 6.45) is 1.98. The van der Waals surface area contributed by atoms with Gasteiger partial charge in [-0.1, -0.05) is 0 Å². The minimum Gasteiger partial charge on any atom is -0.393 e. The standard InChI is InChI=1S/C12H15N3O3/c1-8-6-10(13)11(15(17)18)7-9(8)12(16)14-4-2-3-5-14/h6-7H,2-5,13H2,1H3. The number of aryl methyl sites for hydroxylation is 1. The number of benzene rings is 1. The summed E-state index contributed by atoms with van der Waals surface area (Å²) in [4.78, 5) is 24.2.